The van der Waals surface area contributed by atoms with Crippen molar-refractivity contribution in [1.29, 1.82) is 5.26 Å². The van der Waals surface area contributed by atoms with Gasteiger partial charge in [0.15, 0.2) is 0 Å². The molecule has 33 heavy (non-hydrogen) atoms. The highest BCUT2D eigenvalue weighted by Crippen LogP contribution is 2.29. The van der Waals surface area contributed by atoms with Crippen LogP contribution in [0.1, 0.15) is 17.2 Å². The molecule has 1 N–H and O–H groups in total. The van der Waals surface area contributed by atoms with Gasteiger partial charge in [0.05, 0.1) is 6.04 Å². The summed E-state index contributed by atoms with van der Waals surface area (Å²) in [6.07, 6.45) is 1.39. The van der Waals surface area contributed by atoms with Gasteiger partial charge < -0.3 is 10.2 Å². The summed E-state index contributed by atoms with van der Waals surface area (Å²) >= 11 is 0. The topological polar surface area (TPSA) is 59.4 Å². The predicted octanol–water partition coefficient (Wildman–Crippen LogP) is 4.58. The standard InChI is InChI=1S/C27H25FN4O/c28-24-11-13-25(14-12-24)30-20-23(19-29)27(33)32-17-15-31(16-18-32)26(21-7-3-1-4-8-21)22-9-5-2-6-10-22/h1-14,20,26,30H,15-18H2/b23-20-. The first-order valence-corrected chi connectivity index (χ1v) is 10.9. The van der Waals surface area contributed by atoms with Crippen LogP contribution >= 0.6 is 0 Å². The van der Waals surface area contributed by atoms with Crippen molar-refractivity contribution in [3.05, 3.63) is 114 Å². The number of nitriles is 1. The third kappa shape index (κ3) is 5.46. The lowest BCUT2D eigenvalue weighted by Gasteiger charge is -2.39. The van der Waals surface area contributed by atoms with Gasteiger partial charge in [0.25, 0.3) is 5.91 Å². The maximum absolute atomic E-state index is 13.1. The Balaban J connectivity index is 1.44. The lowest BCUT2D eigenvalue weighted by atomic mass is 9.96. The van der Waals surface area contributed by atoms with Crippen LogP contribution in [0.25, 0.3) is 0 Å². The van der Waals surface area contributed by atoms with Crippen LogP contribution in [-0.2, 0) is 4.79 Å². The van der Waals surface area contributed by atoms with Gasteiger partial charge in [-0.1, -0.05) is 60.7 Å². The molecule has 0 spiro atoms. The zero-order valence-corrected chi connectivity index (χ0v) is 18.2. The average molecular weight is 441 g/mol. The second-order valence-corrected chi connectivity index (χ2v) is 7.87. The minimum absolute atomic E-state index is 0.0236. The summed E-state index contributed by atoms with van der Waals surface area (Å²) in [6.45, 7) is 2.46. The van der Waals surface area contributed by atoms with Crippen molar-refractivity contribution in [3.63, 3.8) is 0 Å². The maximum atomic E-state index is 13.1. The number of hydrogen-bond donors (Lipinski definition) is 1. The molecule has 1 saturated heterocycles. The van der Waals surface area contributed by atoms with Crippen LogP contribution < -0.4 is 5.32 Å². The van der Waals surface area contributed by atoms with Crippen LogP contribution in [0.4, 0.5) is 10.1 Å². The van der Waals surface area contributed by atoms with Gasteiger partial charge in [-0.3, -0.25) is 9.69 Å². The Bertz CT molecular complexity index is 1090. The summed E-state index contributed by atoms with van der Waals surface area (Å²) < 4.78 is 13.1. The lowest BCUT2D eigenvalue weighted by Crippen LogP contribution is -2.50. The lowest BCUT2D eigenvalue weighted by molar-refractivity contribution is -0.128. The van der Waals surface area contributed by atoms with E-state index >= 15 is 0 Å². The molecule has 0 unspecified atom stereocenters. The number of benzene rings is 3. The second kappa shape index (κ2) is 10.6. The van der Waals surface area contributed by atoms with E-state index in [1.54, 1.807) is 17.0 Å². The van der Waals surface area contributed by atoms with Crippen molar-refractivity contribution in [1.82, 2.24) is 9.80 Å². The molecule has 1 heterocycles. The first-order chi connectivity index (χ1) is 16.2. The highest BCUT2D eigenvalue weighted by molar-refractivity contribution is 5.97. The van der Waals surface area contributed by atoms with Gasteiger partial charge in [-0.15, -0.1) is 0 Å². The predicted molar refractivity (Wildman–Crippen MR) is 127 cm³/mol. The van der Waals surface area contributed by atoms with Gasteiger partial charge in [0.2, 0.25) is 0 Å². The van der Waals surface area contributed by atoms with Crippen molar-refractivity contribution >= 4 is 11.6 Å². The fourth-order valence-electron chi connectivity index (χ4n) is 4.08. The Morgan fingerprint density at radius 2 is 1.42 bits per heavy atom. The average Bonchev–Trinajstić information content (AvgIpc) is 2.87. The quantitative estimate of drug-likeness (QED) is 0.450. The molecule has 1 fully saturated rings. The van der Waals surface area contributed by atoms with Crippen LogP contribution in [0.3, 0.4) is 0 Å². The molecule has 5 nitrogen and oxygen atoms in total. The fourth-order valence-corrected chi connectivity index (χ4v) is 4.08. The van der Waals surface area contributed by atoms with E-state index in [-0.39, 0.29) is 23.3 Å². The van der Waals surface area contributed by atoms with E-state index in [0.29, 0.717) is 31.9 Å². The molecule has 1 aliphatic rings. The molecule has 0 aromatic heterocycles. The number of carbonyl (C=O) groups excluding carboxylic acids is 1. The van der Waals surface area contributed by atoms with E-state index in [0.717, 1.165) is 0 Å². The zero-order chi connectivity index (χ0) is 23.0. The molecular weight excluding hydrogens is 415 g/mol. The Morgan fingerprint density at radius 3 is 1.94 bits per heavy atom. The normalized spacial score (nSPS) is 14.7. The van der Waals surface area contributed by atoms with Crippen LogP contribution in [0, 0.1) is 17.1 Å². The molecule has 0 aliphatic carbocycles. The van der Waals surface area contributed by atoms with Crippen molar-refractivity contribution in [3.8, 4) is 6.07 Å². The van der Waals surface area contributed by atoms with E-state index in [1.165, 1.54) is 29.5 Å². The van der Waals surface area contributed by atoms with Gasteiger partial charge >= 0.3 is 0 Å². The van der Waals surface area contributed by atoms with Crippen LogP contribution in [0.2, 0.25) is 0 Å². The second-order valence-electron chi connectivity index (χ2n) is 7.87. The van der Waals surface area contributed by atoms with Crippen LogP contribution in [-0.4, -0.2) is 41.9 Å². The zero-order valence-electron chi connectivity index (χ0n) is 18.2. The Labute approximate surface area is 193 Å². The number of amides is 1. The highest BCUT2D eigenvalue weighted by Gasteiger charge is 2.29. The number of rotatable bonds is 6. The van der Waals surface area contributed by atoms with Crippen molar-refractivity contribution in [2.45, 2.75) is 6.04 Å². The first kappa shape index (κ1) is 22.3. The molecule has 1 amide bonds. The molecule has 0 atom stereocenters. The van der Waals surface area contributed by atoms with Gasteiger partial charge in [-0.2, -0.15) is 5.26 Å². The molecule has 6 heteroatoms. The molecule has 0 bridgehead atoms. The number of halogens is 1. The molecule has 3 aromatic carbocycles. The Morgan fingerprint density at radius 1 is 0.879 bits per heavy atom. The molecule has 0 radical (unpaired) electrons. The Kier molecular flexibility index (Phi) is 7.13. The fraction of sp³-hybridized carbons (Fsp3) is 0.185. The molecule has 4 rings (SSSR count). The number of anilines is 1. The minimum Gasteiger partial charge on any atom is -0.360 e. The summed E-state index contributed by atoms with van der Waals surface area (Å²) in [5, 5.41) is 12.4. The SMILES string of the molecule is N#C/C(=C/Nc1ccc(F)cc1)C(=O)N1CCN(C(c2ccccc2)c2ccccc2)CC1. The van der Waals surface area contributed by atoms with E-state index in [2.05, 4.69) is 34.5 Å². The van der Waals surface area contributed by atoms with Crippen molar-refractivity contribution in [2.24, 2.45) is 0 Å². The minimum atomic E-state index is -0.344. The van der Waals surface area contributed by atoms with Crippen LogP contribution in [0.5, 0.6) is 0 Å². The number of hydrogen-bond acceptors (Lipinski definition) is 4. The number of carbonyl (C=O) groups is 1. The Hall–Kier alpha value is -3.95. The smallest absolute Gasteiger partial charge is 0.266 e. The van der Waals surface area contributed by atoms with Gasteiger partial charge in [0, 0.05) is 38.1 Å². The third-order valence-corrected chi connectivity index (χ3v) is 5.78. The molecule has 1 aliphatic heterocycles. The van der Waals surface area contributed by atoms with E-state index < -0.39 is 0 Å². The molecule has 3 aromatic rings. The molecule has 0 saturated carbocycles. The van der Waals surface area contributed by atoms with Crippen molar-refractivity contribution in [2.75, 3.05) is 31.5 Å². The van der Waals surface area contributed by atoms with Gasteiger partial charge in [-0.25, -0.2) is 4.39 Å². The van der Waals surface area contributed by atoms with Crippen LogP contribution in [0.15, 0.2) is 96.7 Å². The van der Waals surface area contributed by atoms with E-state index in [1.807, 2.05) is 42.5 Å². The highest BCUT2D eigenvalue weighted by atomic mass is 19.1. The monoisotopic (exact) mass is 440 g/mol. The summed E-state index contributed by atoms with van der Waals surface area (Å²) in [5.41, 5.74) is 3.06. The molecule has 166 valence electrons. The van der Waals surface area contributed by atoms with E-state index in [9.17, 15) is 14.4 Å². The third-order valence-electron chi connectivity index (χ3n) is 5.78. The number of piperazine rings is 1. The van der Waals surface area contributed by atoms with E-state index in [4.69, 9.17) is 0 Å². The van der Waals surface area contributed by atoms with Gasteiger partial charge in [-0.05, 0) is 35.4 Å². The molecular formula is C27H25FN4O. The number of nitrogens with one attached hydrogen (secondary N) is 1. The first-order valence-electron chi connectivity index (χ1n) is 10.9. The van der Waals surface area contributed by atoms with Crippen molar-refractivity contribution < 1.29 is 9.18 Å². The maximum Gasteiger partial charge on any atom is 0.266 e. The summed E-state index contributed by atoms with van der Waals surface area (Å²) in [7, 11) is 0. The summed E-state index contributed by atoms with van der Waals surface area (Å²) in [5.74, 6) is -0.647. The largest absolute Gasteiger partial charge is 0.360 e. The number of nitrogens with zero attached hydrogens (tertiary/aromatic N) is 3. The van der Waals surface area contributed by atoms with Gasteiger partial charge in [0.1, 0.15) is 17.5 Å². The summed E-state index contributed by atoms with van der Waals surface area (Å²) in [6, 6.07) is 28.6. The summed E-state index contributed by atoms with van der Waals surface area (Å²) in [4.78, 5) is 17.0.